The van der Waals surface area contributed by atoms with Crippen LogP contribution in [0.4, 0.5) is 4.79 Å². The van der Waals surface area contributed by atoms with Gasteiger partial charge in [0.1, 0.15) is 5.60 Å². The van der Waals surface area contributed by atoms with Gasteiger partial charge >= 0.3 is 6.09 Å². The fourth-order valence-electron chi connectivity index (χ4n) is 1.50. The average molecular weight is 286 g/mol. The molecule has 6 heteroatoms. The van der Waals surface area contributed by atoms with E-state index in [1.54, 1.807) is 4.90 Å². The van der Waals surface area contributed by atoms with Gasteiger partial charge in [-0.1, -0.05) is 13.8 Å². The molecule has 0 aromatic heterocycles. The number of hydrogen-bond acceptors (Lipinski definition) is 3. The molecule has 0 heterocycles. The van der Waals surface area contributed by atoms with Gasteiger partial charge in [-0.3, -0.25) is 4.99 Å². The third-order valence-electron chi connectivity index (χ3n) is 2.34. The molecule has 0 unspecified atom stereocenters. The van der Waals surface area contributed by atoms with E-state index in [-0.39, 0.29) is 6.09 Å². The van der Waals surface area contributed by atoms with Crippen molar-refractivity contribution in [3.63, 3.8) is 0 Å². The molecule has 0 spiro atoms. The Balaban J connectivity index is 4.24. The van der Waals surface area contributed by atoms with Crippen molar-refractivity contribution >= 4 is 12.1 Å². The maximum absolute atomic E-state index is 12.0. The van der Waals surface area contributed by atoms with Crippen LogP contribution < -0.4 is 11.1 Å². The van der Waals surface area contributed by atoms with Gasteiger partial charge < -0.3 is 20.7 Å². The number of amides is 1. The number of nitrogens with zero attached hydrogens (tertiary/aromatic N) is 2. The molecule has 118 valence electrons. The monoisotopic (exact) mass is 286 g/mol. The van der Waals surface area contributed by atoms with E-state index in [9.17, 15) is 4.79 Å². The number of aliphatic imine (C=N–C) groups is 1. The van der Waals surface area contributed by atoms with Gasteiger partial charge in [0.25, 0.3) is 0 Å². The second-order valence-electron chi connectivity index (χ2n) is 5.66. The summed E-state index contributed by atoms with van der Waals surface area (Å²) in [5.41, 5.74) is 5.23. The van der Waals surface area contributed by atoms with Gasteiger partial charge in [0.2, 0.25) is 0 Å². The van der Waals surface area contributed by atoms with Crippen LogP contribution in [0.15, 0.2) is 4.99 Å². The molecule has 6 nitrogen and oxygen atoms in total. The number of ether oxygens (including phenoxy) is 1. The Kier molecular flexibility index (Phi) is 8.76. The number of guanidine groups is 1. The van der Waals surface area contributed by atoms with E-state index in [1.807, 2.05) is 34.6 Å². The molecule has 0 aliphatic rings. The lowest BCUT2D eigenvalue weighted by Crippen LogP contribution is -2.43. The summed E-state index contributed by atoms with van der Waals surface area (Å²) < 4.78 is 5.37. The quantitative estimate of drug-likeness (QED) is 0.554. The molecular weight excluding hydrogens is 256 g/mol. The van der Waals surface area contributed by atoms with Crippen molar-refractivity contribution in [1.29, 1.82) is 0 Å². The maximum atomic E-state index is 12.0. The second kappa shape index (κ2) is 9.44. The Morgan fingerprint density at radius 1 is 1.25 bits per heavy atom. The highest BCUT2D eigenvalue weighted by molar-refractivity contribution is 5.77. The average Bonchev–Trinajstić information content (AvgIpc) is 2.33. The summed E-state index contributed by atoms with van der Waals surface area (Å²) in [5, 5.41) is 3.00. The maximum Gasteiger partial charge on any atom is 0.410 e. The molecule has 0 aromatic rings. The molecule has 0 aromatic carbocycles. The summed E-state index contributed by atoms with van der Waals surface area (Å²) >= 11 is 0. The highest BCUT2D eigenvalue weighted by Gasteiger charge is 2.21. The van der Waals surface area contributed by atoms with Crippen LogP contribution in [-0.2, 0) is 4.74 Å². The molecule has 20 heavy (non-hydrogen) atoms. The minimum atomic E-state index is -0.474. The molecule has 0 atom stereocenters. The van der Waals surface area contributed by atoms with Crippen LogP contribution in [0.25, 0.3) is 0 Å². The molecule has 0 rings (SSSR count). The summed E-state index contributed by atoms with van der Waals surface area (Å²) in [5.74, 6) is 0.424. The number of carbonyl (C=O) groups excluding carboxylic acids is 1. The molecule has 0 saturated carbocycles. The minimum absolute atomic E-state index is 0.287. The van der Waals surface area contributed by atoms with E-state index < -0.39 is 5.60 Å². The van der Waals surface area contributed by atoms with Crippen LogP contribution >= 0.6 is 0 Å². The Bertz CT molecular complexity index is 311. The topological polar surface area (TPSA) is 80.0 Å². The molecular formula is C14H30N4O2. The predicted molar refractivity (Wildman–Crippen MR) is 82.9 cm³/mol. The van der Waals surface area contributed by atoms with Crippen molar-refractivity contribution in [2.45, 2.75) is 53.1 Å². The smallest absolute Gasteiger partial charge is 0.410 e. The zero-order valence-corrected chi connectivity index (χ0v) is 13.5. The predicted octanol–water partition coefficient (Wildman–Crippen LogP) is 1.95. The van der Waals surface area contributed by atoms with Crippen LogP contribution in [0.5, 0.6) is 0 Å². The lowest BCUT2D eigenvalue weighted by atomic mass is 10.2. The Morgan fingerprint density at radius 3 is 2.40 bits per heavy atom. The lowest BCUT2D eigenvalue weighted by Gasteiger charge is -2.27. The van der Waals surface area contributed by atoms with E-state index in [0.717, 1.165) is 12.8 Å². The van der Waals surface area contributed by atoms with Crippen molar-refractivity contribution in [2.24, 2.45) is 10.7 Å². The van der Waals surface area contributed by atoms with Crippen LogP contribution in [0.3, 0.4) is 0 Å². The molecule has 0 aliphatic carbocycles. The van der Waals surface area contributed by atoms with Gasteiger partial charge in [-0.05, 0) is 33.6 Å². The summed E-state index contributed by atoms with van der Waals surface area (Å²) in [4.78, 5) is 17.8. The first-order valence-electron chi connectivity index (χ1n) is 7.31. The summed E-state index contributed by atoms with van der Waals surface area (Å²) in [6.45, 7) is 12.2. The molecule has 0 bridgehead atoms. The first-order valence-corrected chi connectivity index (χ1v) is 7.31. The van der Waals surface area contributed by atoms with Gasteiger partial charge in [-0.2, -0.15) is 0 Å². The lowest BCUT2D eigenvalue weighted by molar-refractivity contribution is 0.0253. The zero-order valence-electron chi connectivity index (χ0n) is 13.5. The summed E-state index contributed by atoms with van der Waals surface area (Å²) in [6.07, 6.45) is 1.56. The van der Waals surface area contributed by atoms with Crippen molar-refractivity contribution in [1.82, 2.24) is 10.2 Å². The molecule has 0 aliphatic heterocycles. The van der Waals surface area contributed by atoms with Gasteiger partial charge in [0.15, 0.2) is 5.96 Å². The van der Waals surface area contributed by atoms with Crippen LogP contribution in [-0.4, -0.2) is 48.7 Å². The Morgan fingerprint density at radius 2 is 1.90 bits per heavy atom. The highest BCUT2D eigenvalue weighted by atomic mass is 16.6. The third kappa shape index (κ3) is 9.47. The number of carbonyl (C=O) groups is 1. The van der Waals surface area contributed by atoms with Crippen molar-refractivity contribution in [2.75, 3.05) is 26.2 Å². The van der Waals surface area contributed by atoms with Gasteiger partial charge in [-0.25, -0.2) is 4.79 Å². The largest absolute Gasteiger partial charge is 0.444 e. The first-order chi connectivity index (χ1) is 9.30. The van der Waals surface area contributed by atoms with Crippen LogP contribution in [0.1, 0.15) is 47.5 Å². The number of nitrogens with two attached hydrogens (primary N) is 1. The number of hydrogen-bond donors (Lipinski definition) is 2. The zero-order chi connectivity index (χ0) is 15.6. The SMILES string of the molecule is CCCN=C(N)NCCN(CCC)C(=O)OC(C)(C)C. The fourth-order valence-corrected chi connectivity index (χ4v) is 1.50. The standard InChI is InChI=1S/C14H30N4O2/c1-6-8-16-12(15)17-9-11-18(10-7-2)13(19)20-14(3,4)5/h6-11H2,1-5H3,(H3,15,16,17). The van der Waals surface area contributed by atoms with Crippen molar-refractivity contribution < 1.29 is 9.53 Å². The second-order valence-corrected chi connectivity index (χ2v) is 5.66. The highest BCUT2D eigenvalue weighted by Crippen LogP contribution is 2.09. The van der Waals surface area contributed by atoms with Crippen LogP contribution in [0, 0.1) is 0 Å². The van der Waals surface area contributed by atoms with Gasteiger partial charge in [0.05, 0.1) is 0 Å². The van der Waals surface area contributed by atoms with Crippen LogP contribution in [0.2, 0.25) is 0 Å². The molecule has 0 saturated heterocycles. The van der Waals surface area contributed by atoms with E-state index in [4.69, 9.17) is 10.5 Å². The van der Waals surface area contributed by atoms with E-state index in [1.165, 1.54) is 0 Å². The molecule has 1 amide bonds. The van der Waals surface area contributed by atoms with E-state index in [2.05, 4.69) is 10.3 Å². The van der Waals surface area contributed by atoms with Gasteiger partial charge in [-0.15, -0.1) is 0 Å². The van der Waals surface area contributed by atoms with E-state index in [0.29, 0.717) is 32.1 Å². The Labute approximate surface area is 122 Å². The minimum Gasteiger partial charge on any atom is -0.444 e. The van der Waals surface area contributed by atoms with Crippen molar-refractivity contribution in [3.8, 4) is 0 Å². The normalized spacial score (nSPS) is 12.2. The summed E-state index contributed by atoms with van der Waals surface area (Å²) in [7, 11) is 0. The fraction of sp³-hybridized carbons (Fsp3) is 0.857. The van der Waals surface area contributed by atoms with Crippen molar-refractivity contribution in [3.05, 3.63) is 0 Å². The Hall–Kier alpha value is -1.46. The third-order valence-corrected chi connectivity index (χ3v) is 2.34. The molecule has 0 radical (unpaired) electrons. The number of nitrogens with one attached hydrogen (secondary N) is 1. The first kappa shape index (κ1) is 18.5. The summed E-state index contributed by atoms with van der Waals surface area (Å²) in [6, 6.07) is 0. The van der Waals surface area contributed by atoms with Gasteiger partial charge in [0, 0.05) is 26.2 Å². The molecule has 0 fully saturated rings. The van der Waals surface area contributed by atoms with E-state index >= 15 is 0 Å². The molecule has 3 N–H and O–H groups in total. The number of rotatable bonds is 7.